The number of carbonyl (C=O) groups is 1. The molecule has 0 radical (unpaired) electrons. The van der Waals surface area contributed by atoms with Gasteiger partial charge in [0.05, 0.1) is 0 Å². The van der Waals surface area contributed by atoms with Gasteiger partial charge in [-0.25, -0.2) is 0 Å². The van der Waals surface area contributed by atoms with Gasteiger partial charge in [-0.3, -0.25) is 4.79 Å². The Balaban J connectivity index is 0.000000816. The van der Waals surface area contributed by atoms with E-state index in [9.17, 15) is 9.90 Å². The van der Waals surface area contributed by atoms with Crippen molar-refractivity contribution in [1.29, 1.82) is 0 Å². The van der Waals surface area contributed by atoms with Gasteiger partial charge in [-0.05, 0) is 63.4 Å². The number of rotatable bonds is 4. The van der Waals surface area contributed by atoms with E-state index in [0.717, 1.165) is 38.0 Å². The van der Waals surface area contributed by atoms with Crippen LogP contribution in [0.5, 0.6) is 0 Å². The van der Waals surface area contributed by atoms with E-state index in [-0.39, 0.29) is 11.8 Å². The molecule has 0 aromatic carbocycles. The molecule has 1 atom stereocenters. The van der Waals surface area contributed by atoms with Gasteiger partial charge >= 0.3 is 0 Å². The molecule has 3 rings (SSSR count). The highest BCUT2D eigenvalue weighted by Crippen LogP contribution is 2.27. The van der Waals surface area contributed by atoms with Crippen molar-refractivity contribution in [3.63, 3.8) is 0 Å². The van der Waals surface area contributed by atoms with Crippen LogP contribution in [-0.4, -0.2) is 41.6 Å². The maximum atomic E-state index is 12.0. The molecule has 0 aromatic heterocycles. The number of fused-ring (bicyclic) bond motifs is 3. The molecule has 0 spiro atoms. The first kappa shape index (κ1) is 19.7. The summed E-state index contributed by atoms with van der Waals surface area (Å²) in [7, 11) is 0. The zero-order valence-electron chi connectivity index (χ0n) is 14.0. The topological polar surface area (TPSA) is 52.6 Å². The molecular formula is C18H27BrN2O2. The minimum absolute atomic E-state index is 0.163. The highest BCUT2D eigenvalue weighted by molar-refractivity contribution is 9.11. The lowest BCUT2D eigenvalue weighted by atomic mass is 9.84. The number of allylic oxidation sites excluding steroid dienone is 5. The van der Waals surface area contributed by atoms with Crippen LogP contribution in [0.15, 0.2) is 47.2 Å². The number of nitrogens with one attached hydrogen (secondary N) is 1. The Morgan fingerprint density at radius 1 is 1.35 bits per heavy atom. The summed E-state index contributed by atoms with van der Waals surface area (Å²) in [6, 6.07) is 0.163. The third-order valence-corrected chi connectivity index (χ3v) is 4.18. The number of piperidine rings is 3. The van der Waals surface area contributed by atoms with Crippen LogP contribution in [0, 0.1) is 5.92 Å². The Kier molecular flexibility index (Phi) is 8.34. The molecule has 5 heteroatoms. The molecule has 0 saturated carbocycles. The first-order chi connectivity index (χ1) is 10.9. The third-order valence-electron chi connectivity index (χ3n) is 3.95. The minimum Gasteiger partial charge on any atom is -0.503 e. The molecule has 1 amide bonds. The van der Waals surface area contributed by atoms with Gasteiger partial charge < -0.3 is 15.3 Å². The van der Waals surface area contributed by atoms with Crippen LogP contribution in [0.2, 0.25) is 0 Å². The summed E-state index contributed by atoms with van der Waals surface area (Å²) in [6.45, 7) is 13.9. The fourth-order valence-electron chi connectivity index (χ4n) is 2.94. The predicted molar refractivity (Wildman–Crippen MR) is 99.5 cm³/mol. The van der Waals surface area contributed by atoms with Crippen LogP contribution in [0.4, 0.5) is 0 Å². The van der Waals surface area contributed by atoms with Crippen molar-refractivity contribution in [1.82, 2.24) is 10.2 Å². The summed E-state index contributed by atoms with van der Waals surface area (Å²) in [5.74, 6) is -0.0867. The Morgan fingerprint density at radius 2 is 1.91 bits per heavy atom. The second-order valence-electron chi connectivity index (χ2n) is 5.99. The smallest absolute Gasteiger partial charge is 0.286 e. The summed E-state index contributed by atoms with van der Waals surface area (Å²) < 4.78 is 0.705. The molecule has 2 bridgehead atoms. The summed E-state index contributed by atoms with van der Waals surface area (Å²) in [6.07, 6.45) is 7.23. The third kappa shape index (κ3) is 6.75. The molecule has 128 valence electrons. The van der Waals surface area contributed by atoms with Crippen molar-refractivity contribution >= 4 is 21.8 Å². The van der Waals surface area contributed by atoms with Gasteiger partial charge in [-0.15, -0.1) is 6.58 Å². The van der Waals surface area contributed by atoms with E-state index in [0.29, 0.717) is 10.4 Å². The molecule has 3 heterocycles. The highest BCUT2D eigenvalue weighted by Gasteiger charge is 2.35. The molecule has 0 aromatic rings. The van der Waals surface area contributed by atoms with Gasteiger partial charge in [0.2, 0.25) is 0 Å². The maximum Gasteiger partial charge on any atom is 0.286 e. The van der Waals surface area contributed by atoms with E-state index in [1.54, 1.807) is 12.2 Å². The largest absolute Gasteiger partial charge is 0.503 e. The van der Waals surface area contributed by atoms with Crippen molar-refractivity contribution in [2.45, 2.75) is 32.7 Å². The Labute approximate surface area is 147 Å². The summed E-state index contributed by atoms with van der Waals surface area (Å²) >= 11 is 3.22. The number of nitrogens with zero attached hydrogens (tertiary/aromatic N) is 1. The maximum absolute atomic E-state index is 12.0. The zero-order valence-corrected chi connectivity index (χ0v) is 15.6. The first-order valence-corrected chi connectivity index (χ1v) is 8.70. The number of carbonyl (C=O) groups excluding carboxylic acids is 1. The van der Waals surface area contributed by atoms with Crippen LogP contribution in [-0.2, 0) is 4.79 Å². The van der Waals surface area contributed by atoms with Crippen molar-refractivity contribution < 1.29 is 9.90 Å². The lowest BCUT2D eigenvalue weighted by molar-refractivity contribution is -0.122. The molecule has 3 aliphatic rings. The minimum atomic E-state index is -0.392. The molecule has 3 aliphatic heterocycles. The molecule has 3 saturated heterocycles. The second-order valence-corrected chi connectivity index (χ2v) is 7.01. The predicted octanol–water partition coefficient (Wildman–Crippen LogP) is 3.69. The summed E-state index contributed by atoms with van der Waals surface area (Å²) in [4.78, 5) is 14.4. The molecule has 3 fully saturated rings. The van der Waals surface area contributed by atoms with Gasteiger partial charge in [0.15, 0.2) is 5.76 Å². The van der Waals surface area contributed by atoms with Crippen molar-refractivity contribution in [2.24, 2.45) is 5.92 Å². The average molecular weight is 383 g/mol. The standard InChI is InChI=1S/C15H21BrN2O2.C3H6/c1-10(7-11(2)16)8-14(19)15(20)17-13-9-18-5-3-12(13)4-6-18;1-3-2/h7-8,12-13,19H,2-6,9H2,1H3,(H,17,20);3H,1H2,2H3/b10-7+,14-8-;/t13-;/m0./s1. The van der Waals surface area contributed by atoms with E-state index in [4.69, 9.17) is 0 Å². The summed E-state index contributed by atoms with van der Waals surface area (Å²) in [5.41, 5.74) is 0.772. The zero-order chi connectivity index (χ0) is 17.4. The highest BCUT2D eigenvalue weighted by atomic mass is 79.9. The Morgan fingerprint density at radius 3 is 2.35 bits per heavy atom. The molecule has 0 aliphatic carbocycles. The van der Waals surface area contributed by atoms with Gasteiger partial charge in [-0.1, -0.05) is 28.6 Å². The van der Waals surface area contributed by atoms with Crippen LogP contribution < -0.4 is 5.32 Å². The number of aliphatic hydroxyl groups excluding tert-OH is 1. The van der Waals surface area contributed by atoms with E-state index >= 15 is 0 Å². The van der Waals surface area contributed by atoms with Crippen molar-refractivity contribution in [3.05, 3.63) is 47.2 Å². The van der Waals surface area contributed by atoms with Crippen LogP contribution in [0.25, 0.3) is 0 Å². The monoisotopic (exact) mass is 382 g/mol. The van der Waals surface area contributed by atoms with E-state index in [1.807, 2.05) is 13.8 Å². The fraction of sp³-hybridized carbons (Fsp3) is 0.500. The lowest BCUT2D eigenvalue weighted by Crippen LogP contribution is -2.57. The second kappa shape index (κ2) is 9.73. The molecule has 23 heavy (non-hydrogen) atoms. The molecular weight excluding hydrogens is 356 g/mol. The van der Waals surface area contributed by atoms with Crippen LogP contribution in [0.3, 0.4) is 0 Å². The Bertz CT molecular complexity index is 503. The van der Waals surface area contributed by atoms with Crippen molar-refractivity contribution in [3.8, 4) is 0 Å². The summed E-state index contributed by atoms with van der Waals surface area (Å²) in [5, 5.41) is 12.8. The normalized spacial score (nSPS) is 26.8. The van der Waals surface area contributed by atoms with Crippen LogP contribution in [0.1, 0.15) is 26.7 Å². The fourth-order valence-corrected chi connectivity index (χ4v) is 3.30. The molecule has 0 unspecified atom stereocenters. The van der Waals surface area contributed by atoms with Crippen LogP contribution >= 0.6 is 15.9 Å². The number of halogens is 1. The number of aliphatic hydroxyl groups is 1. The lowest BCUT2D eigenvalue weighted by Gasteiger charge is -2.44. The number of hydrogen-bond donors (Lipinski definition) is 2. The Hall–Kier alpha value is -1.33. The van der Waals surface area contributed by atoms with Gasteiger partial charge in [0, 0.05) is 17.1 Å². The SMILES string of the molecule is C=C(Br)/C=C(C)/C=C(\O)C(=O)N[C@H]1CN2CCC1CC2.C=CC. The van der Waals surface area contributed by atoms with E-state index < -0.39 is 5.91 Å². The van der Waals surface area contributed by atoms with Gasteiger partial charge in [-0.2, -0.15) is 0 Å². The van der Waals surface area contributed by atoms with E-state index in [2.05, 4.69) is 39.3 Å². The van der Waals surface area contributed by atoms with Gasteiger partial charge in [0.25, 0.3) is 5.91 Å². The number of amides is 1. The van der Waals surface area contributed by atoms with Crippen molar-refractivity contribution in [2.75, 3.05) is 19.6 Å². The first-order valence-electron chi connectivity index (χ1n) is 7.91. The number of hydrogen-bond acceptors (Lipinski definition) is 3. The van der Waals surface area contributed by atoms with E-state index in [1.165, 1.54) is 6.08 Å². The molecule has 4 nitrogen and oxygen atoms in total. The van der Waals surface area contributed by atoms with Gasteiger partial charge in [0.1, 0.15) is 0 Å². The quantitative estimate of drug-likeness (QED) is 0.337. The molecule has 2 N–H and O–H groups in total. The average Bonchev–Trinajstić information content (AvgIpc) is 2.48.